The fourth-order valence-corrected chi connectivity index (χ4v) is 2.45. The molecule has 2 amide bonds. The number of hydrogen-bond acceptors (Lipinski definition) is 2. The molecule has 1 aliphatic heterocycles. The van der Waals surface area contributed by atoms with Crippen LogP contribution in [0.5, 0.6) is 0 Å². The number of benzene rings is 1. The van der Waals surface area contributed by atoms with Crippen molar-refractivity contribution >= 4 is 40.1 Å². The summed E-state index contributed by atoms with van der Waals surface area (Å²) in [6, 6.07) is 4.22. The van der Waals surface area contributed by atoms with Gasteiger partial charge < -0.3 is 10.6 Å². The maximum Gasteiger partial charge on any atom is 0.227 e. The molecule has 1 aliphatic rings. The highest BCUT2D eigenvalue weighted by molar-refractivity contribution is 14.1. The third-order valence-corrected chi connectivity index (χ3v) is 3.64. The molecule has 0 bridgehead atoms. The minimum absolute atomic E-state index is 0.0991. The number of amides is 2. The summed E-state index contributed by atoms with van der Waals surface area (Å²) in [4.78, 5) is 24.2. The first-order valence-electron chi connectivity index (χ1n) is 5.04. The van der Waals surface area contributed by atoms with Gasteiger partial charge in [0.05, 0.1) is 11.6 Å². The van der Waals surface area contributed by atoms with E-state index in [1.54, 1.807) is 6.07 Å². The molecular formula is C11H10FIN2O2. The van der Waals surface area contributed by atoms with Gasteiger partial charge in [0.25, 0.3) is 0 Å². The Morgan fingerprint density at radius 2 is 2.24 bits per heavy atom. The van der Waals surface area contributed by atoms with Gasteiger partial charge in [-0.05, 0) is 40.8 Å². The van der Waals surface area contributed by atoms with Crippen LogP contribution in [0.3, 0.4) is 0 Å². The van der Waals surface area contributed by atoms with Gasteiger partial charge >= 0.3 is 0 Å². The number of rotatable bonds is 2. The van der Waals surface area contributed by atoms with Crippen molar-refractivity contribution in [1.29, 1.82) is 0 Å². The Balaban J connectivity index is 2.32. The van der Waals surface area contributed by atoms with Crippen LogP contribution in [0.2, 0.25) is 0 Å². The van der Waals surface area contributed by atoms with E-state index in [4.69, 9.17) is 5.73 Å². The minimum Gasteiger partial charge on any atom is -0.369 e. The Kier molecular flexibility index (Phi) is 3.32. The van der Waals surface area contributed by atoms with E-state index in [1.807, 2.05) is 22.6 Å². The van der Waals surface area contributed by atoms with E-state index in [2.05, 4.69) is 0 Å². The smallest absolute Gasteiger partial charge is 0.227 e. The number of nitrogens with zero attached hydrogens (tertiary/aromatic N) is 1. The Morgan fingerprint density at radius 1 is 1.53 bits per heavy atom. The molecule has 0 spiro atoms. The largest absolute Gasteiger partial charge is 0.369 e. The van der Waals surface area contributed by atoms with Crippen molar-refractivity contribution in [3.8, 4) is 0 Å². The number of anilines is 1. The zero-order valence-corrected chi connectivity index (χ0v) is 11.0. The van der Waals surface area contributed by atoms with Gasteiger partial charge in [0.1, 0.15) is 5.82 Å². The standard InChI is InChI=1S/C11H10FIN2O2/c12-7-1-2-8(13)9(4-7)15-5-6(11(14)17)3-10(15)16/h1-2,4,6H,3,5H2,(H2,14,17). The van der Waals surface area contributed by atoms with Gasteiger partial charge in [0.2, 0.25) is 11.8 Å². The summed E-state index contributed by atoms with van der Waals surface area (Å²) in [5, 5.41) is 0. The zero-order valence-electron chi connectivity index (χ0n) is 8.82. The summed E-state index contributed by atoms with van der Waals surface area (Å²) in [6.07, 6.45) is 0.0991. The molecule has 2 N–H and O–H groups in total. The molecule has 0 aliphatic carbocycles. The average molecular weight is 348 g/mol. The first-order chi connectivity index (χ1) is 7.99. The normalized spacial score (nSPS) is 19.8. The summed E-state index contributed by atoms with van der Waals surface area (Å²) < 4.78 is 13.9. The zero-order chi connectivity index (χ0) is 12.6. The second-order valence-corrected chi connectivity index (χ2v) is 5.07. The Labute approximate surface area is 111 Å². The van der Waals surface area contributed by atoms with Crippen LogP contribution in [0.1, 0.15) is 6.42 Å². The van der Waals surface area contributed by atoms with Gasteiger partial charge in [-0.15, -0.1) is 0 Å². The van der Waals surface area contributed by atoms with E-state index >= 15 is 0 Å². The maximum atomic E-state index is 13.2. The van der Waals surface area contributed by atoms with E-state index in [-0.39, 0.29) is 18.9 Å². The van der Waals surface area contributed by atoms with Crippen LogP contribution >= 0.6 is 22.6 Å². The molecule has 4 nitrogen and oxygen atoms in total. The van der Waals surface area contributed by atoms with Crippen LogP contribution in [0.25, 0.3) is 0 Å². The second-order valence-electron chi connectivity index (χ2n) is 3.90. The van der Waals surface area contributed by atoms with Crippen molar-refractivity contribution in [2.24, 2.45) is 11.7 Å². The summed E-state index contributed by atoms with van der Waals surface area (Å²) in [7, 11) is 0. The van der Waals surface area contributed by atoms with E-state index in [1.165, 1.54) is 17.0 Å². The van der Waals surface area contributed by atoms with Crippen molar-refractivity contribution in [3.63, 3.8) is 0 Å². The minimum atomic E-state index is -0.493. The molecule has 1 saturated heterocycles. The second kappa shape index (κ2) is 4.59. The lowest BCUT2D eigenvalue weighted by atomic mass is 10.1. The van der Waals surface area contributed by atoms with Crippen LogP contribution in [-0.2, 0) is 9.59 Å². The number of nitrogens with two attached hydrogens (primary N) is 1. The SMILES string of the molecule is NC(=O)C1CC(=O)N(c2cc(F)ccc2I)C1. The van der Waals surface area contributed by atoms with Gasteiger partial charge in [-0.3, -0.25) is 9.59 Å². The van der Waals surface area contributed by atoms with Crippen LogP contribution in [0.4, 0.5) is 10.1 Å². The lowest BCUT2D eigenvalue weighted by molar-refractivity contribution is -0.123. The molecule has 0 radical (unpaired) electrons. The molecule has 90 valence electrons. The fraction of sp³-hybridized carbons (Fsp3) is 0.273. The van der Waals surface area contributed by atoms with Gasteiger partial charge in [0.15, 0.2) is 0 Å². The third kappa shape index (κ3) is 2.41. The molecular weight excluding hydrogens is 338 g/mol. The van der Waals surface area contributed by atoms with E-state index < -0.39 is 17.6 Å². The van der Waals surface area contributed by atoms with Crippen molar-refractivity contribution in [3.05, 3.63) is 27.6 Å². The highest BCUT2D eigenvalue weighted by Crippen LogP contribution is 2.29. The highest BCUT2D eigenvalue weighted by Gasteiger charge is 2.34. The van der Waals surface area contributed by atoms with E-state index in [0.717, 1.165) is 3.57 Å². The maximum absolute atomic E-state index is 13.2. The quantitative estimate of drug-likeness (QED) is 0.819. The lowest BCUT2D eigenvalue weighted by Crippen LogP contribution is -2.28. The third-order valence-electron chi connectivity index (χ3n) is 2.73. The first kappa shape index (κ1) is 12.3. The first-order valence-corrected chi connectivity index (χ1v) is 6.11. The van der Waals surface area contributed by atoms with Crippen molar-refractivity contribution in [1.82, 2.24) is 0 Å². The lowest BCUT2D eigenvalue weighted by Gasteiger charge is -2.17. The molecule has 1 aromatic rings. The van der Waals surface area contributed by atoms with Crippen LogP contribution in [0.15, 0.2) is 18.2 Å². The van der Waals surface area contributed by atoms with Crippen molar-refractivity contribution in [2.75, 3.05) is 11.4 Å². The van der Waals surface area contributed by atoms with Gasteiger partial charge in [-0.25, -0.2) is 4.39 Å². The Hall–Kier alpha value is -1.18. The average Bonchev–Trinajstić information content (AvgIpc) is 2.64. The Bertz CT molecular complexity index is 492. The molecule has 0 saturated carbocycles. The van der Waals surface area contributed by atoms with E-state index in [0.29, 0.717) is 5.69 Å². The number of carbonyl (C=O) groups is 2. The van der Waals surface area contributed by atoms with Crippen LogP contribution in [-0.4, -0.2) is 18.4 Å². The number of halogens is 2. The van der Waals surface area contributed by atoms with Crippen molar-refractivity contribution in [2.45, 2.75) is 6.42 Å². The predicted molar refractivity (Wildman–Crippen MR) is 68.8 cm³/mol. The monoisotopic (exact) mass is 348 g/mol. The molecule has 6 heteroatoms. The highest BCUT2D eigenvalue weighted by atomic mass is 127. The van der Waals surface area contributed by atoms with Gasteiger partial charge in [0, 0.05) is 16.5 Å². The Morgan fingerprint density at radius 3 is 2.82 bits per heavy atom. The number of carbonyl (C=O) groups excluding carboxylic acids is 2. The molecule has 1 unspecified atom stereocenters. The molecule has 1 fully saturated rings. The summed E-state index contributed by atoms with van der Waals surface area (Å²) >= 11 is 2.02. The number of hydrogen-bond donors (Lipinski definition) is 1. The summed E-state index contributed by atoms with van der Waals surface area (Å²) in [5.41, 5.74) is 5.67. The number of primary amides is 1. The van der Waals surface area contributed by atoms with E-state index in [9.17, 15) is 14.0 Å². The van der Waals surface area contributed by atoms with Crippen LogP contribution < -0.4 is 10.6 Å². The molecule has 2 rings (SSSR count). The van der Waals surface area contributed by atoms with Crippen molar-refractivity contribution < 1.29 is 14.0 Å². The van der Waals surface area contributed by atoms with Gasteiger partial charge in [-0.2, -0.15) is 0 Å². The topological polar surface area (TPSA) is 63.4 Å². The molecule has 1 atom stereocenters. The molecule has 1 heterocycles. The molecule has 17 heavy (non-hydrogen) atoms. The molecule has 0 aromatic heterocycles. The van der Waals surface area contributed by atoms with Crippen LogP contribution in [0, 0.1) is 15.3 Å². The summed E-state index contributed by atoms with van der Waals surface area (Å²) in [6.45, 7) is 0.230. The molecule has 1 aromatic carbocycles. The summed E-state index contributed by atoms with van der Waals surface area (Å²) in [5.74, 6) is -1.58. The van der Waals surface area contributed by atoms with Gasteiger partial charge in [-0.1, -0.05) is 0 Å². The fourth-order valence-electron chi connectivity index (χ4n) is 1.82. The predicted octanol–water partition coefficient (Wildman–Crippen LogP) is 1.27.